The SMILES string of the molecule is O=C([C@H]1CCNC1)N1C[C@@H](CO)C2(CCC2)C1. The summed E-state index contributed by atoms with van der Waals surface area (Å²) in [6, 6.07) is 0. The zero-order chi connectivity index (χ0) is 11.9. The number of hydrogen-bond donors (Lipinski definition) is 2. The van der Waals surface area contributed by atoms with Gasteiger partial charge in [-0.1, -0.05) is 6.42 Å². The second-order valence-electron chi connectivity index (χ2n) is 6.00. The summed E-state index contributed by atoms with van der Waals surface area (Å²) in [5, 5.41) is 12.7. The Hall–Kier alpha value is -0.610. The highest BCUT2D eigenvalue weighted by atomic mass is 16.3. The Morgan fingerprint density at radius 2 is 2.29 bits per heavy atom. The van der Waals surface area contributed by atoms with Crippen LogP contribution in [0.5, 0.6) is 0 Å². The summed E-state index contributed by atoms with van der Waals surface area (Å²) in [7, 11) is 0. The number of aliphatic hydroxyl groups is 1. The summed E-state index contributed by atoms with van der Waals surface area (Å²) in [5.41, 5.74) is 0.274. The van der Waals surface area contributed by atoms with E-state index in [1.807, 2.05) is 4.90 Å². The predicted octanol–water partition coefficient (Wildman–Crippen LogP) is 0.217. The van der Waals surface area contributed by atoms with Gasteiger partial charge >= 0.3 is 0 Å². The van der Waals surface area contributed by atoms with E-state index >= 15 is 0 Å². The maximum atomic E-state index is 12.3. The van der Waals surface area contributed by atoms with Crippen molar-refractivity contribution in [2.24, 2.45) is 17.3 Å². The molecule has 2 aliphatic heterocycles. The first-order chi connectivity index (χ1) is 8.25. The molecule has 0 aromatic heterocycles. The van der Waals surface area contributed by atoms with Gasteiger partial charge in [0.05, 0.1) is 5.92 Å². The molecule has 0 radical (unpaired) electrons. The molecular formula is C13H22N2O2. The van der Waals surface area contributed by atoms with Gasteiger partial charge < -0.3 is 15.3 Å². The minimum absolute atomic E-state index is 0.185. The molecule has 17 heavy (non-hydrogen) atoms. The molecule has 3 rings (SSSR count). The van der Waals surface area contributed by atoms with E-state index in [-0.39, 0.29) is 17.9 Å². The minimum atomic E-state index is 0.185. The smallest absolute Gasteiger partial charge is 0.227 e. The van der Waals surface area contributed by atoms with Gasteiger partial charge in [0, 0.05) is 32.2 Å². The van der Waals surface area contributed by atoms with Crippen LogP contribution < -0.4 is 5.32 Å². The van der Waals surface area contributed by atoms with E-state index in [1.165, 1.54) is 19.3 Å². The van der Waals surface area contributed by atoms with Gasteiger partial charge in [0.15, 0.2) is 0 Å². The standard InChI is InChI=1S/C13H22N2O2/c16-8-11-7-15(9-13(11)3-1-4-13)12(17)10-2-5-14-6-10/h10-11,14,16H,1-9H2/t10-,11-/m0/s1. The number of carbonyl (C=O) groups excluding carboxylic acids is 1. The number of nitrogens with one attached hydrogen (secondary N) is 1. The summed E-state index contributed by atoms with van der Waals surface area (Å²) in [6.07, 6.45) is 4.64. The Balaban J connectivity index is 1.67. The summed E-state index contributed by atoms with van der Waals surface area (Å²) < 4.78 is 0. The number of carbonyl (C=O) groups is 1. The van der Waals surface area contributed by atoms with Gasteiger partial charge in [-0.15, -0.1) is 0 Å². The number of hydrogen-bond acceptors (Lipinski definition) is 3. The van der Waals surface area contributed by atoms with Crippen LogP contribution in [0.15, 0.2) is 0 Å². The lowest BCUT2D eigenvalue weighted by Gasteiger charge is -2.42. The van der Waals surface area contributed by atoms with E-state index in [0.29, 0.717) is 11.8 Å². The van der Waals surface area contributed by atoms with E-state index in [1.54, 1.807) is 0 Å². The van der Waals surface area contributed by atoms with Gasteiger partial charge in [0.25, 0.3) is 0 Å². The number of likely N-dealkylation sites (tertiary alicyclic amines) is 1. The molecule has 96 valence electrons. The molecular weight excluding hydrogens is 216 g/mol. The van der Waals surface area contributed by atoms with Crippen molar-refractivity contribution in [3.8, 4) is 0 Å². The first-order valence-corrected chi connectivity index (χ1v) is 6.85. The highest BCUT2D eigenvalue weighted by Gasteiger charge is 2.51. The molecule has 1 saturated carbocycles. The maximum absolute atomic E-state index is 12.3. The second-order valence-corrected chi connectivity index (χ2v) is 6.00. The maximum Gasteiger partial charge on any atom is 0.227 e. The molecule has 0 aromatic rings. The molecule has 2 saturated heterocycles. The molecule has 0 bridgehead atoms. The summed E-state index contributed by atoms with van der Waals surface area (Å²) in [5.74, 6) is 0.830. The first-order valence-electron chi connectivity index (χ1n) is 6.85. The van der Waals surface area contributed by atoms with Crippen molar-refractivity contribution in [1.82, 2.24) is 10.2 Å². The van der Waals surface area contributed by atoms with Crippen molar-refractivity contribution in [3.05, 3.63) is 0 Å². The van der Waals surface area contributed by atoms with Crippen molar-refractivity contribution in [2.75, 3.05) is 32.8 Å². The van der Waals surface area contributed by atoms with E-state index in [0.717, 1.165) is 32.6 Å². The zero-order valence-electron chi connectivity index (χ0n) is 10.3. The molecule has 2 heterocycles. The van der Waals surface area contributed by atoms with Gasteiger partial charge in [-0.25, -0.2) is 0 Å². The third-order valence-corrected chi connectivity index (χ3v) is 5.10. The summed E-state index contributed by atoms with van der Waals surface area (Å²) in [4.78, 5) is 14.4. The summed E-state index contributed by atoms with van der Waals surface area (Å²) in [6.45, 7) is 3.73. The van der Waals surface area contributed by atoms with Crippen molar-refractivity contribution in [3.63, 3.8) is 0 Å². The van der Waals surface area contributed by atoms with E-state index < -0.39 is 0 Å². The van der Waals surface area contributed by atoms with Gasteiger partial charge in [-0.2, -0.15) is 0 Å². The minimum Gasteiger partial charge on any atom is -0.396 e. The average molecular weight is 238 g/mol. The Bertz CT molecular complexity index is 309. The molecule has 4 nitrogen and oxygen atoms in total. The molecule has 2 N–H and O–H groups in total. The summed E-state index contributed by atoms with van der Waals surface area (Å²) >= 11 is 0. The van der Waals surface area contributed by atoms with Gasteiger partial charge in [-0.3, -0.25) is 4.79 Å². The van der Waals surface area contributed by atoms with Crippen LogP contribution in [0.3, 0.4) is 0 Å². The third-order valence-electron chi connectivity index (χ3n) is 5.10. The lowest BCUT2D eigenvalue weighted by Crippen LogP contribution is -2.40. The number of rotatable bonds is 2. The lowest BCUT2D eigenvalue weighted by atomic mass is 9.63. The molecule has 1 spiro atoms. The molecule has 0 aromatic carbocycles. The number of nitrogens with zero attached hydrogens (tertiary/aromatic N) is 1. The number of aliphatic hydroxyl groups excluding tert-OH is 1. The van der Waals surface area contributed by atoms with E-state index in [2.05, 4.69) is 5.32 Å². The third kappa shape index (κ3) is 1.78. The van der Waals surface area contributed by atoms with Gasteiger partial charge in [0.1, 0.15) is 0 Å². The fourth-order valence-corrected chi connectivity index (χ4v) is 3.77. The quantitative estimate of drug-likeness (QED) is 0.723. The fraction of sp³-hybridized carbons (Fsp3) is 0.923. The van der Waals surface area contributed by atoms with Crippen LogP contribution in [-0.4, -0.2) is 48.7 Å². The van der Waals surface area contributed by atoms with Crippen LogP contribution in [0.4, 0.5) is 0 Å². The van der Waals surface area contributed by atoms with Gasteiger partial charge in [-0.05, 0) is 31.2 Å². The fourth-order valence-electron chi connectivity index (χ4n) is 3.77. The van der Waals surface area contributed by atoms with E-state index in [4.69, 9.17) is 0 Å². The van der Waals surface area contributed by atoms with Crippen molar-refractivity contribution in [2.45, 2.75) is 25.7 Å². The average Bonchev–Trinajstić information content (AvgIpc) is 2.94. The topological polar surface area (TPSA) is 52.6 Å². The highest BCUT2D eigenvalue weighted by molar-refractivity contribution is 5.79. The molecule has 1 aliphatic carbocycles. The first kappa shape index (κ1) is 11.5. The van der Waals surface area contributed by atoms with Crippen LogP contribution in [0.25, 0.3) is 0 Å². The van der Waals surface area contributed by atoms with Crippen LogP contribution in [-0.2, 0) is 4.79 Å². The van der Waals surface area contributed by atoms with Crippen LogP contribution in [0.2, 0.25) is 0 Å². The Morgan fingerprint density at radius 1 is 1.47 bits per heavy atom. The number of amides is 1. The monoisotopic (exact) mass is 238 g/mol. The van der Waals surface area contributed by atoms with Crippen molar-refractivity contribution in [1.29, 1.82) is 0 Å². The molecule has 0 unspecified atom stereocenters. The lowest BCUT2D eigenvalue weighted by molar-refractivity contribution is -0.134. The van der Waals surface area contributed by atoms with Crippen LogP contribution in [0.1, 0.15) is 25.7 Å². The normalized spacial score (nSPS) is 35.2. The predicted molar refractivity (Wildman–Crippen MR) is 64.4 cm³/mol. The molecule has 3 aliphatic rings. The molecule has 1 amide bonds. The van der Waals surface area contributed by atoms with Crippen molar-refractivity contribution < 1.29 is 9.90 Å². The van der Waals surface area contributed by atoms with Gasteiger partial charge in [0.2, 0.25) is 5.91 Å². The largest absolute Gasteiger partial charge is 0.396 e. The van der Waals surface area contributed by atoms with Crippen LogP contribution in [0, 0.1) is 17.3 Å². The van der Waals surface area contributed by atoms with E-state index in [9.17, 15) is 9.90 Å². The zero-order valence-corrected chi connectivity index (χ0v) is 10.3. The Labute approximate surface area is 102 Å². The van der Waals surface area contributed by atoms with Crippen molar-refractivity contribution >= 4 is 5.91 Å². The molecule has 4 heteroatoms. The second kappa shape index (κ2) is 4.25. The Kier molecular flexibility index (Phi) is 2.87. The highest BCUT2D eigenvalue weighted by Crippen LogP contribution is 2.51. The molecule has 2 atom stereocenters. The Morgan fingerprint density at radius 3 is 2.76 bits per heavy atom. The molecule has 3 fully saturated rings. The van der Waals surface area contributed by atoms with Crippen LogP contribution >= 0.6 is 0 Å².